The molecule has 0 spiro atoms. The maximum Gasteiger partial charge on any atom is 0.472 e. The molecule has 0 rings (SSSR count). The summed E-state index contributed by atoms with van der Waals surface area (Å²) < 4.78 is 68.1. The molecule has 3 N–H and O–H groups in total. The van der Waals surface area contributed by atoms with Gasteiger partial charge in [0.2, 0.25) is 0 Å². The van der Waals surface area contributed by atoms with E-state index in [1.807, 2.05) is 0 Å². The van der Waals surface area contributed by atoms with E-state index in [2.05, 4.69) is 27.7 Å². The van der Waals surface area contributed by atoms with Crippen LogP contribution < -0.4 is 0 Å². The molecule has 0 amide bonds. The minimum Gasteiger partial charge on any atom is -0.462 e. The first-order chi connectivity index (χ1) is 43.7. The van der Waals surface area contributed by atoms with Crippen molar-refractivity contribution >= 4 is 39.5 Å². The van der Waals surface area contributed by atoms with Gasteiger partial charge in [-0.1, -0.05) is 323 Å². The molecule has 17 nitrogen and oxygen atoms in total. The number of carbonyl (C=O) groups excluding carboxylic acids is 4. The van der Waals surface area contributed by atoms with Gasteiger partial charge < -0.3 is 33.8 Å². The third-order valence-electron chi connectivity index (χ3n) is 16.6. The van der Waals surface area contributed by atoms with Crippen LogP contribution in [-0.2, 0) is 65.4 Å². The fraction of sp³-hybridized carbons (Fsp3) is 0.944. The Morgan fingerprint density at radius 1 is 0.267 bits per heavy atom. The van der Waals surface area contributed by atoms with E-state index < -0.39 is 97.5 Å². The Kier molecular flexibility index (Phi) is 64.3. The number of phosphoric acid groups is 2. The topological polar surface area (TPSA) is 237 Å². The third-order valence-corrected chi connectivity index (χ3v) is 18.5. The number of rotatable bonds is 72. The fourth-order valence-electron chi connectivity index (χ4n) is 10.9. The van der Waals surface area contributed by atoms with Gasteiger partial charge in [-0.25, -0.2) is 9.13 Å². The third kappa shape index (κ3) is 64.8. The first-order valence-corrected chi connectivity index (χ1v) is 40.3. The van der Waals surface area contributed by atoms with Gasteiger partial charge in [0, 0.05) is 25.7 Å². The zero-order chi connectivity index (χ0) is 66.1. The first-order valence-electron chi connectivity index (χ1n) is 37.3. The minimum atomic E-state index is -4.95. The lowest BCUT2D eigenvalue weighted by molar-refractivity contribution is -0.161. The van der Waals surface area contributed by atoms with E-state index in [1.165, 1.54) is 205 Å². The summed E-state index contributed by atoms with van der Waals surface area (Å²) in [6.45, 7) is 4.87. The van der Waals surface area contributed by atoms with Crippen molar-refractivity contribution in [3.8, 4) is 0 Å². The standard InChI is InChI=1S/C71H138O17P2/c1-5-9-13-17-20-23-26-29-32-35-38-41-44-48-51-55-68(73)81-61-66(87-70(75)57-53-47-16-12-8-4)63-85-89(77,78)83-59-65(72)60-84-90(79,80)86-64-67(88-71(76)58-54-50-46-43-40-37-34-31-28-25-22-19-15-11-7-3)62-82-69(74)56-52-49-45-42-39-36-33-30-27-24-21-18-14-10-6-2/h65-67,72H,5-64H2,1-4H3,(H,77,78)(H,79,80)/t65-,66-,67-/m1/s1. The Morgan fingerprint density at radius 3 is 0.656 bits per heavy atom. The zero-order valence-electron chi connectivity index (χ0n) is 58.1. The molecular formula is C71H138O17P2. The average molecular weight is 1330 g/mol. The smallest absolute Gasteiger partial charge is 0.462 e. The molecule has 0 radical (unpaired) electrons. The van der Waals surface area contributed by atoms with Crippen molar-refractivity contribution in [1.29, 1.82) is 0 Å². The molecule has 0 aliphatic heterocycles. The van der Waals surface area contributed by atoms with Crippen LogP contribution in [0.25, 0.3) is 0 Å². The first kappa shape index (κ1) is 88.1. The van der Waals surface area contributed by atoms with E-state index >= 15 is 0 Å². The summed E-state index contributed by atoms with van der Waals surface area (Å²) in [5, 5.41) is 10.6. The molecule has 0 fully saturated rings. The molecular weight excluding hydrogens is 1190 g/mol. The highest BCUT2D eigenvalue weighted by Gasteiger charge is 2.30. The molecule has 0 aromatic heterocycles. The van der Waals surface area contributed by atoms with Crippen molar-refractivity contribution in [3.05, 3.63) is 0 Å². The molecule has 0 aromatic rings. The van der Waals surface area contributed by atoms with Gasteiger partial charge in [0.15, 0.2) is 12.2 Å². The molecule has 0 bridgehead atoms. The van der Waals surface area contributed by atoms with E-state index in [0.29, 0.717) is 25.7 Å². The largest absolute Gasteiger partial charge is 0.472 e. The van der Waals surface area contributed by atoms with Crippen molar-refractivity contribution in [1.82, 2.24) is 0 Å². The van der Waals surface area contributed by atoms with Gasteiger partial charge in [0.1, 0.15) is 19.3 Å². The summed E-state index contributed by atoms with van der Waals surface area (Å²) >= 11 is 0. The van der Waals surface area contributed by atoms with E-state index in [4.69, 9.17) is 37.0 Å². The van der Waals surface area contributed by atoms with Crippen LogP contribution in [0.2, 0.25) is 0 Å². The van der Waals surface area contributed by atoms with Gasteiger partial charge in [-0.3, -0.25) is 37.3 Å². The minimum absolute atomic E-state index is 0.101. The number of hydrogen-bond donors (Lipinski definition) is 3. The lowest BCUT2D eigenvalue weighted by atomic mass is 10.0. The number of phosphoric ester groups is 2. The van der Waals surface area contributed by atoms with E-state index in [0.717, 1.165) is 89.9 Å². The number of esters is 4. The quantitative estimate of drug-likeness (QED) is 0.0222. The lowest BCUT2D eigenvalue weighted by Crippen LogP contribution is -2.30. The van der Waals surface area contributed by atoms with Gasteiger partial charge in [-0.2, -0.15) is 0 Å². The zero-order valence-corrected chi connectivity index (χ0v) is 59.9. The molecule has 19 heteroatoms. The summed E-state index contributed by atoms with van der Waals surface area (Å²) in [4.78, 5) is 72.3. The van der Waals surface area contributed by atoms with Crippen LogP contribution in [0.4, 0.5) is 0 Å². The highest BCUT2D eigenvalue weighted by Crippen LogP contribution is 2.45. The maximum atomic E-state index is 13.0. The Balaban J connectivity index is 5.11. The van der Waals surface area contributed by atoms with Crippen molar-refractivity contribution in [3.63, 3.8) is 0 Å². The summed E-state index contributed by atoms with van der Waals surface area (Å²) in [6.07, 6.45) is 54.4. The molecule has 0 aliphatic rings. The van der Waals surface area contributed by atoms with Crippen molar-refractivity contribution in [2.24, 2.45) is 0 Å². The second-order valence-electron chi connectivity index (χ2n) is 25.6. The SMILES string of the molecule is CCCCCCCCCCCCCCCCCC(=O)OC[C@H](COP(=O)(O)OC[C@@H](O)COP(=O)(O)OC[C@@H](COC(=O)CCCCCCCCCCCCCCCCC)OC(=O)CCCCCCCCCCCCCCCCC)OC(=O)CCCCCCC. The van der Waals surface area contributed by atoms with Gasteiger partial charge >= 0.3 is 39.5 Å². The summed E-state index contributed by atoms with van der Waals surface area (Å²) in [5.74, 6) is -2.13. The van der Waals surface area contributed by atoms with Gasteiger partial charge in [0.05, 0.1) is 26.4 Å². The number of hydrogen-bond acceptors (Lipinski definition) is 15. The second-order valence-corrected chi connectivity index (χ2v) is 28.5. The van der Waals surface area contributed by atoms with Crippen LogP contribution in [-0.4, -0.2) is 96.7 Å². The lowest BCUT2D eigenvalue weighted by Gasteiger charge is -2.21. The Labute approximate surface area is 549 Å². The van der Waals surface area contributed by atoms with Gasteiger partial charge in [0.25, 0.3) is 0 Å². The highest BCUT2D eigenvalue weighted by molar-refractivity contribution is 7.47. The van der Waals surface area contributed by atoms with Crippen molar-refractivity contribution < 1.29 is 80.2 Å². The number of unbranched alkanes of at least 4 members (excludes halogenated alkanes) is 46. The molecule has 0 aromatic carbocycles. The molecule has 0 heterocycles. The Hall–Kier alpha value is -1.94. The Bertz CT molecular complexity index is 1720. The molecule has 0 aliphatic carbocycles. The molecule has 90 heavy (non-hydrogen) atoms. The van der Waals surface area contributed by atoms with Crippen LogP contribution in [0.5, 0.6) is 0 Å². The van der Waals surface area contributed by atoms with E-state index in [-0.39, 0.29) is 25.7 Å². The van der Waals surface area contributed by atoms with Crippen LogP contribution >= 0.6 is 15.6 Å². The van der Waals surface area contributed by atoms with Gasteiger partial charge in [-0.15, -0.1) is 0 Å². The molecule has 0 saturated heterocycles. The number of aliphatic hydroxyl groups is 1. The molecule has 2 unspecified atom stereocenters. The monoisotopic (exact) mass is 1320 g/mol. The Morgan fingerprint density at radius 2 is 0.444 bits per heavy atom. The van der Waals surface area contributed by atoms with Crippen LogP contribution in [0.3, 0.4) is 0 Å². The molecule has 534 valence electrons. The average Bonchev–Trinajstić information content (AvgIpc) is 3.26. The van der Waals surface area contributed by atoms with Gasteiger partial charge in [-0.05, 0) is 25.7 Å². The predicted octanol–water partition coefficient (Wildman–Crippen LogP) is 20.7. The van der Waals surface area contributed by atoms with Crippen molar-refractivity contribution in [2.45, 2.75) is 393 Å². The molecule has 0 saturated carbocycles. The summed E-state index contributed by atoms with van der Waals surface area (Å²) in [7, 11) is -9.89. The number of carbonyl (C=O) groups is 4. The molecule has 5 atom stereocenters. The number of ether oxygens (including phenoxy) is 4. The highest BCUT2D eigenvalue weighted by atomic mass is 31.2. The van der Waals surface area contributed by atoms with Crippen LogP contribution in [0.1, 0.15) is 374 Å². The normalized spacial score (nSPS) is 14.0. The second kappa shape index (κ2) is 65.7. The summed E-state index contributed by atoms with van der Waals surface area (Å²) in [5.41, 5.74) is 0. The van der Waals surface area contributed by atoms with Crippen LogP contribution in [0, 0.1) is 0 Å². The maximum absolute atomic E-state index is 13.0. The van der Waals surface area contributed by atoms with Crippen LogP contribution in [0.15, 0.2) is 0 Å². The van der Waals surface area contributed by atoms with Crippen molar-refractivity contribution in [2.75, 3.05) is 39.6 Å². The predicted molar refractivity (Wildman–Crippen MR) is 363 cm³/mol. The summed E-state index contributed by atoms with van der Waals surface area (Å²) in [6, 6.07) is 0. The van der Waals surface area contributed by atoms with E-state index in [9.17, 15) is 43.2 Å². The fourth-order valence-corrected chi connectivity index (χ4v) is 12.4. The van der Waals surface area contributed by atoms with E-state index in [1.54, 1.807) is 0 Å². The number of aliphatic hydroxyl groups excluding tert-OH is 1.